The molecule has 0 fully saturated rings. The maximum Gasteiger partial charge on any atom is 0.223 e. The summed E-state index contributed by atoms with van der Waals surface area (Å²) in [5.41, 5.74) is 2.63. The summed E-state index contributed by atoms with van der Waals surface area (Å²) in [6.45, 7) is 2.12. The van der Waals surface area contributed by atoms with Gasteiger partial charge in [0.15, 0.2) is 0 Å². The molecular formula is C10H15NO. The summed E-state index contributed by atoms with van der Waals surface area (Å²) in [5.74, 6) is 0.106. The van der Waals surface area contributed by atoms with Gasteiger partial charge in [0.2, 0.25) is 5.91 Å². The van der Waals surface area contributed by atoms with Crippen molar-refractivity contribution >= 4 is 5.91 Å². The van der Waals surface area contributed by atoms with E-state index in [0.29, 0.717) is 6.42 Å². The number of carbonyl (C=O) groups is 1. The molecule has 12 heavy (non-hydrogen) atoms. The van der Waals surface area contributed by atoms with Gasteiger partial charge in [0.05, 0.1) is 0 Å². The van der Waals surface area contributed by atoms with E-state index in [-0.39, 0.29) is 5.91 Å². The van der Waals surface area contributed by atoms with Crippen LogP contribution in [0.25, 0.3) is 0 Å². The first kappa shape index (κ1) is 9.04. The van der Waals surface area contributed by atoms with E-state index in [1.807, 2.05) is 0 Å². The molecule has 1 aliphatic carbocycles. The van der Waals surface area contributed by atoms with Crippen LogP contribution in [0, 0.1) is 0 Å². The minimum Gasteiger partial charge on any atom is -0.359 e. The van der Waals surface area contributed by atoms with Crippen LogP contribution in [0.5, 0.6) is 0 Å². The first-order valence-corrected chi connectivity index (χ1v) is 4.28. The standard InChI is InChI=1S/C10H15NO/c1-8-3-5-9(6-4-8)7-10(12)11-2/h3,5H,4,6-7H2,1-2H3,(H,11,12). The Morgan fingerprint density at radius 2 is 2.25 bits per heavy atom. The van der Waals surface area contributed by atoms with Crippen molar-refractivity contribution in [2.75, 3.05) is 7.05 Å². The third-order valence-corrected chi connectivity index (χ3v) is 2.11. The van der Waals surface area contributed by atoms with Gasteiger partial charge in [0.1, 0.15) is 0 Å². The summed E-state index contributed by atoms with van der Waals surface area (Å²) in [6, 6.07) is 0. The van der Waals surface area contributed by atoms with Crippen LogP contribution in [0.4, 0.5) is 0 Å². The summed E-state index contributed by atoms with van der Waals surface area (Å²) in [7, 11) is 1.67. The lowest BCUT2D eigenvalue weighted by Crippen LogP contribution is -2.18. The first-order valence-electron chi connectivity index (χ1n) is 4.28. The van der Waals surface area contributed by atoms with Gasteiger partial charge in [-0.3, -0.25) is 4.79 Å². The van der Waals surface area contributed by atoms with E-state index in [0.717, 1.165) is 12.8 Å². The lowest BCUT2D eigenvalue weighted by atomic mass is 9.97. The van der Waals surface area contributed by atoms with Crippen molar-refractivity contribution in [3.05, 3.63) is 23.3 Å². The lowest BCUT2D eigenvalue weighted by molar-refractivity contribution is -0.119. The zero-order valence-electron chi connectivity index (χ0n) is 7.68. The average Bonchev–Trinajstić information content (AvgIpc) is 2.09. The number of allylic oxidation sites excluding steroid dienone is 3. The molecule has 0 bridgehead atoms. The maximum absolute atomic E-state index is 11.0. The normalized spacial score (nSPS) is 16.5. The Bertz CT molecular complexity index is 238. The summed E-state index contributed by atoms with van der Waals surface area (Å²) in [4.78, 5) is 11.0. The maximum atomic E-state index is 11.0. The van der Waals surface area contributed by atoms with Gasteiger partial charge >= 0.3 is 0 Å². The molecule has 1 rings (SSSR count). The van der Waals surface area contributed by atoms with Crippen LogP contribution in [0.1, 0.15) is 26.2 Å². The van der Waals surface area contributed by atoms with Crippen molar-refractivity contribution in [1.82, 2.24) is 5.32 Å². The van der Waals surface area contributed by atoms with Crippen molar-refractivity contribution < 1.29 is 4.79 Å². The fraction of sp³-hybridized carbons (Fsp3) is 0.500. The Kier molecular flexibility index (Phi) is 3.09. The van der Waals surface area contributed by atoms with Crippen LogP contribution >= 0.6 is 0 Å². The number of amides is 1. The van der Waals surface area contributed by atoms with Crippen LogP contribution in [0.3, 0.4) is 0 Å². The number of hydrogen-bond donors (Lipinski definition) is 1. The Labute approximate surface area is 73.4 Å². The minimum absolute atomic E-state index is 0.106. The van der Waals surface area contributed by atoms with Gasteiger partial charge < -0.3 is 5.32 Å². The second-order valence-corrected chi connectivity index (χ2v) is 3.19. The summed E-state index contributed by atoms with van der Waals surface area (Å²) >= 11 is 0. The Balaban J connectivity index is 2.49. The molecule has 0 aromatic rings. The van der Waals surface area contributed by atoms with Crippen LogP contribution in [-0.4, -0.2) is 13.0 Å². The molecule has 0 saturated carbocycles. The second kappa shape index (κ2) is 4.10. The van der Waals surface area contributed by atoms with Crippen molar-refractivity contribution in [3.63, 3.8) is 0 Å². The highest BCUT2D eigenvalue weighted by molar-refractivity contribution is 5.78. The molecule has 0 aliphatic heterocycles. The molecule has 2 heteroatoms. The molecule has 0 unspecified atom stereocenters. The van der Waals surface area contributed by atoms with E-state index in [4.69, 9.17) is 0 Å². The van der Waals surface area contributed by atoms with Crippen LogP contribution < -0.4 is 5.32 Å². The molecule has 0 heterocycles. The largest absolute Gasteiger partial charge is 0.359 e. The van der Waals surface area contributed by atoms with Crippen molar-refractivity contribution in [3.8, 4) is 0 Å². The predicted octanol–water partition coefficient (Wildman–Crippen LogP) is 1.79. The van der Waals surface area contributed by atoms with E-state index < -0.39 is 0 Å². The fourth-order valence-electron chi connectivity index (χ4n) is 1.23. The molecule has 0 saturated heterocycles. The number of hydrogen-bond acceptors (Lipinski definition) is 1. The van der Waals surface area contributed by atoms with Gasteiger partial charge in [-0.05, 0) is 19.8 Å². The highest BCUT2D eigenvalue weighted by Crippen LogP contribution is 2.19. The Morgan fingerprint density at radius 1 is 1.50 bits per heavy atom. The molecule has 1 N–H and O–H groups in total. The average molecular weight is 165 g/mol. The third-order valence-electron chi connectivity index (χ3n) is 2.11. The highest BCUT2D eigenvalue weighted by atomic mass is 16.1. The monoisotopic (exact) mass is 165 g/mol. The molecule has 0 aromatic heterocycles. The highest BCUT2D eigenvalue weighted by Gasteiger charge is 2.06. The van der Waals surface area contributed by atoms with Gasteiger partial charge in [0, 0.05) is 13.5 Å². The van der Waals surface area contributed by atoms with Gasteiger partial charge in [-0.25, -0.2) is 0 Å². The number of carbonyl (C=O) groups excluding carboxylic acids is 1. The van der Waals surface area contributed by atoms with Crippen LogP contribution in [0.2, 0.25) is 0 Å². The van der Waals surface area contributed by atoms with E-state index in [2.05, 4.69) is 24.4 Å². The fourth-order valence-corrected chi connectivity index (χ4v) is 1.23. The smallest absolute Gasteiger partial charge is 0.223 e. The first-order chi connectivity index (χ1) is 5.72. The van der Waals surface area contributed by atoms with E-state index in [9.17, 15) is 4.79 Å². The third kappa shape index (κ3) is 2.53. The molecule has 1 aliphatic rings. The summed E-state index contributed by atoms with van der Waals surface area (Å²) < 4.78 is 0. The SMILES string of the molecule is CNC(=O)CC1=CC=C(C)CC1. The van der Waals surface area contributed by atoms with Crippen molar-refractivity contribution in [1.29, 1.82) is 0 Å². The minimum atomic E-state index is 0.106. The molecule has 1 amide bonds. The molecule has 0 atom stereocenters. The predicted molar refractivity (Wildman–Crippen MR) is 49.8 cm³/mol. The Morgan fingerprint density at radius 3 is 2.75 bits per heavy atom. The molecule has 0 aromatic carbocycles. The zero-order valence-corrected chi connectivity index (χ0v) is 7.68. The van der Waals surface area contributed by atoms with Gasteiger partial charge in [-0.15, -0.1) is 0 Å². The van der Waals surface area contributed by atoms with E-state index >= 15 is 0 Å². The molecule has 66 valence electrons. The lowest BCUT2D eigenvalue weighted by Gasteiger charge is -2.10. The molecule has 0 spiro atoms. The topological polar surface area (TPSA) is 29.1 Å². The van der Waals surface area contributed by atoms with Crippen molar-refractivity contribution in [2.24, 2.45) is 0 Å². The second-order valence-electron chi connectivity index (χ2n) is 3.19. The summed E-state index contributed by atoms with van der Waals surface area (Å²) in [5, 5.41) is 2.62. The molecule has 2 nitrogen and oxygen atoms in total. The van der Waals surface area contributed by atoms with Crippen molar-refractivity contribution in [2.45, 2.75) is 26.2 Å². The van der Waals surface area contributed by atoms with Crippen LogP contribution in [-0.2, 0) is 4.79 Å². The summed E-state index contributed by atoms with van der Waals surface area (Å²) in [6.07, 6.45) is 6.86. The molecular weight excluding hydrogens is 150 g/mol. The van der Waals surface area contributed by atoms with E-state index in [1.165, 1.54) is 11.1 Å². The van der Waals surface area contributed by atoms with E-state index in [1.54, 1.807) is 7.05 Å². The van der Waals surface area contributed by atoms with Crippen LogP contribution in [0.15, 0.2) is 23.3 Å². The van der Waals surface area contributed by atoms with Gasteiger partial charge in [-0.2, -0.15) is 0 Å². The number of rotatable bonds is 2. The number of nitrogens with one attached hydrogen (secondary N) is 1. The Hall–Kier alpha value is -1.05. The zero-order chi connectivity index (χ0) is 8.97. The van der Waals surface area contributed by atoms with Gasteiger partial charge in [0.25, 0.3) is 0 Å². The molecule has 0 radical (unpaired) electrons. The quantitative estimate of drug-likeness (QED) is 0.664. The van der Waals surface area contributed by atoms with Gasteiger partial charge in [-0.1, -0.05) is 23.3 Å².